The van der Waals surface area contributed by atoms with Crippen molar-refractivity contribution in [2.24, 2.45) is 5.92 Å². The molecule has 2 aromatic rings. The van der Waals surface area contributed by atoms with E-state index >= 15 is 0 Å². The maximum atomic E-state index is 12.5. The number of carbonyl (C=O) groups excluding carboxylic acids is 1. The predicted octanol–water partition coefficient (Wildman–Crippen LogP) is 2.64. The van der Waals surface area contributed by atoms with Crippen LogP contribution in [0.25, 0.3) is 0 Å². The SMILES string of the molecule is CC1CCCN(Cc2ccc(CNC(=O)c3n[nH]c4c3CNCC4)cc2)C1.Cl. The molecule has 2 aliphatic heterocycles. The van der Waals surface area contributed by atoms with Gasteiger partial charge in [0.1, 0.15) is 0 Å². The van der Waals surface area contributed by atoms with Crippen LogP contribution in [0.3, 0.4) is 0 Å². The first-order chi connectivity index (χ1) is 13.2. The molecule has 0 bridgehead atoms. The minimum Gasteiger partial charge on any atom is -0.347 e. The molecule has 2 aliphatic rings. The van der Waals surface area contributed by atoms with Crippen LogP contribution in [0.5, 0.6) is 0 Å². The molecule has 0 radical (unpaired) electrons. The lowest BCUT2D eigenvalue weighted by molar-refractivity contribution is 0.0944. The van der Waals surface area contributed by atoms with Gasteiger partial charge in [0.25, 0.3) is 5.91 Å². The molecule has 7 heteroatoms. The van der Waals surface area contributed by atoms with Gasteiger partial charge >= 0.3 is 0 Å². The zero-order chi connectivity index (χ0) is 18.6. The van der Waals surface area contributed by atoms with Crippen molar-refractivity contribution in [1.82, 2.24) is 25.7 Å². The van der Waals surface area contributed by atoms with Crippen molar-refractivity contribution >= 4 is 18.3 Å². The standard InChI is InChI=1S/C21H29N5O.ClH/c1-15-3-2-10-26(13-15)14-17-6-4-16(5-7-17)11-23-21(27)20-18-12-22-9-8-19(18)24-25-20;/h4-7,15,22H,2-3,8-14H2,1H3,(H,23,27)(H,24,25);1H. The molecule has 0 spiro atoms. The number of nitrogens with one attached hydrogen (secondary N) is 3. The predicted molar refractivity (Wildman–Crippen MR) is 113 cm³/mol. The second-order valence-electron chi connectivity index (χ2n) is 7.94. The van der Waals surface area contributed by atoms with Crippen LogP contribution in [0, 0.1) is 5.92 Å². The van der Waals surface area contributed by atoms with Crippen LogP contribution in [0.1, 0.15) is 52.6 Å². The molecule has 4 rings (SSSR count). The van der Waals surface area contributed by atoms with E-state index < -0.39 is 0 Å². The Balaban J connectivity index is 0.00000225. The third-order valence-corrected chi connectivity index (χ3v) is 5.64. The number of hydrogen-bond acceptors (Lipinski definition) is 4. The molecule has 152 valence electrons. The lowest BCUT2D eigenvalue weighted by Crippen LogP contribution is -2.33. The minimum atomic E-state index is -0.109. The number of piperidine rings is 1. The summed E-state index contributed by atoms with van der Waals surface area (Å²) in [6, 6.07) is 8.59. The Hall–Kier alpha value is -1.89. The monoisotopic (exact) mass is 403 g/mol. The van der Waals surface area contributed by atoms with Gasteiger partial charge in [0.2, 0.25) is 0 Å². The largest absolute Gasteiger partial charge is 0.347 e. The summed E-state index contributed by atoms with van der Waals surface area (Å²) in [7, 11) is 0. The Kier molecular flexibility index (Phi) is 7.10. The van der Waals surface area contributed by atoms with Crippen LogP contribution in [0.2, 0.25) is 0 Å². The lowest BCUT2D eigenvalue weighted by Gasteiger charge is -2.30. The molecular weight excluding hydrogens is 374 g/mol. The Morgan fingerprint density at radius 3 is 2.86 bits per heavy atom. The average molecular weight is 404 g/mol. The van der Waals surface area contributed by atoms with E-state index in [9.17, 15) is 4.79 Å². The van der Waals surface area contributed by atoms with Crippen molar-refractivity contribution in [1.29, 1.82) is 0 Å². The van der Waals surface area contributed by atoms with Gasteiger partial charge in [-0.1, -0.05) is 31.2 Å². The first-order valence-corrected chi connectivity index (χ1v) is 10.0. The van der Waals surface area contributed by atoms with Crippen LogP contribution in [-0.2, 0) is 26.1 Å². The van der Waals surface area contributed by atoms with Gasteiger partial charge in [0.05, 0.1) is 0 Å². The van der Waals surface area contributed by atoms with Gasteiger partial charge in [0.15, 0.2) is 5.69 Å². The first kappa shape index (κ1) is 20.8. The van der Waals surface area contributed by atoms with Gasteiger partial charge in [-0.2, -0.15) is 5.10 Å². The molecular formula is C21H30ClN5O. The molecule has 1 atom stereocenters. The molecule has 1 amide bonds. The van der Waals surface area contributed by atoms with E-state index in [0.29, 0.717) is 18.8 Å². The summed E-state index contributed by atoms with van der Waals surface area (Å²) in [5.74, 6) is 0.693. The van der Waals surface area contributed by atoms with Crippen LogP contribution >= 0.6 is 12.4 Å². The Bertz CT molecular complexity index is 789. The quantitative estimate of drug-likeness (QED) is 0.717. The van der Waals surface area contributed by atoms with Crippen molar-refractivity contribution < 1.29 is 4.79 Å². The smallest absolute Gasteiger partial charge is 0.272 e. The number of amides is 1. The van der Waals surface area contributed by atoms with Gasteiger partial charge in [-0.15, -0.1) is 12.4 Å². The molecule has 1 saturated heterocycles. The van der Waals surface area contributed by atoms with Gasteiger partial charge in [0, 0.05) is 50.4 Å². The number of hydrogen-bond donors (Lipinski definition) is 3. The van der Waals surface area contributed by atoms with Gasteiger partial charge in [-0.3, -0.25) is 14.8 Å². The fourth-order valence-corrected chi connectivity index (χ4v) is 4.13. The van der Waals surface area contributed by atoms with Crippen molar-refractivity contribution in [3.05, 3.63) is 52.3 Å². The number of fused-ring (bicyclic) bond motifs is 1. The summed E-state index contributed by atoms with van der Waals surface area (Å²) in [5.41, 5.74) is 5.06. The summed E-state index contributed by atoms with van der Waals surface area (Å²) in [6.45, 7) is 7.91. The number of likely N-dealkylation sites (tertiary alicyclic amines) is 1. The Morgan fingerprint density at radius 1 is 1.29 bits per heavy atom. The molecule has 1 unspecified atom stereocenters. The molecule has 0 saturated carbocycles. The number of H-pyrrole nitrogens is 1. The zero-order valence-electron chi connectivity index (χ0n) is 16.5. The molecule has 28 heavy (non-hydrogen) atoms. The number of rotatable bonds is 5. The van der Waals surface area contributed by atoms with Crippen LogP contribution in [0.4, 0.5) is 0 Å². The second kappa shape index (κ2) is 9.54. The normalized spacial score (nSPS) is 19.5. The van der Waals surface area contributed by atoms with Gasteiger partial charge < -0.3 is 10.6 Å². The topological polar surface area (TPSA) is 73.0 Å². The highest BCUT2D eigenvalue weighted by molar-refractivity contribution is 5.94. The maximum absolute atomic E-state index is 12.5. The third kappa shape index (κ3) is 4.93. The molecule has 3 N–H and O–H groups in total. The number of benzene rings is 1. The van der Waals surface area contributed by atoms with Gasteiger partial charge in [-0.05, 0) is 36.4 Å². The highest BCUT2D eigenvalue weighted by atomic mass is 35.5. The van der Waals surface area contributed by atoms with E-state index in [2.05, 4.69) is 56.9 Å². The molecule has 0 aliphatic carbocycles. The summed E-state index contributed by atoms with van der Waals surface area (Å²) < 4.78 is 0. The fraction of sp³-hybridized carbons (Fsp3) is 0.524. The second-order valence-corrected chi connectivity index (χ2v) is 7.94. The summed E-state index contributed by atoms with van der Waals surface area (Å²) in [4.78, 5) is 15.0. The van der Waals surface area contributed by atoms with E-state index in [0.717, 1.165) is 42.2 Å². The van der Waals surface area contributed by atoms with Crippen LogP contribution in [-0.4, -0.2) is 40.6 Å². The summed E-state index contributed by atoms with van der Waals surface area (Å²) in [5, 5.41) is 13.5. The molecule has 1 fully saturated rings. The van der Waals surface area contributed by atoms with Gasteiger partial charge in [-0.25, -0.2) is 0 Å². The molecule has 1 aromatic carbocycles. The van der Waals surface area contributed by atoms with Crippen molar-refractivity contribution in [3.63, 3.8) is 0 Å². The number of aromatic nitrogens is 2. The maximum Gasteiger partial charge on any atom is 0.272 e. The van der Waals surface area contributed by atoms with E-state index in [1.807, 2.05) is 0 Å². The van der Waals surface area contributed by atoms with E-state index in [-0.39, 0.29) is 18.3 Å². The zero-order valence-corrected chi connectivity index (χ0v) is 17.3. The molecule has 6 nitrogen and oxygen atoms in total. The van der Waals surface area contributed by atoms with E-state index in [1.54, 1.807) is 0 Å². The number of halogens is 1. The number of carbonyl (C=O) groups is 1. The minimum absolute atomic E-state index is 0. The van der Waals surface area contributed by atoms with Crippen LogP contribution in [0.15, 0.2) is 24.3 Å². The summed E-state index contributed by atoms with van der Waals surface area (Å²) >= 11 is 0. The lowest BCUT2D eigenvalue weighted by atomic mass is 9.99. The molecule has 1 aromatic heterocycles. The number of nitrogens with zero attached hydrogens (tertiary/aromatic N) is 2. The average Bonchev–Trinajstić information content (AvgIpc) is 3.11. The first-order valence-electron chi connectivity index (χ1n) is 10.0. The highest BCUT2D eigenvalue weighted by Gasteiger charge is 2.21. The third-order valence-electron chi connectivity index (χ3n) is 5.64. The van der Waals surface area contributed by atoms with Crippen molar-refractivity contribution in [2.45, 2.75) is 45.8 Å². The van der Waals surface area contributed by atoms with Crippen LogP contribution < -0.4 is 10.6 Å². The van der Waals surface area contributed by atoms with Crippen molar-refractivity contribution in [2.75, 3.05) is 19.6 Å². The number of aromatic amines is 1. The Labute approximate surface area is 172 Å². The highest BCUT2D eigenvalue weighted by Crippen LogP contribution is 2.18. The van der Waals surface area contributed by atoms with E-state index in [4.69, 9.17) is 0 Å². The van der Waals surface area contributed by atoms with Crippen molar-refractivity contribution in [3.8, 4) is 0 Å². The van der Waals surface area contributed by atoms with E-state index in [1.165, 1.54) is 31.5 Å². The Morgan fingerprint density at radius 2 is 2.07 bits per heavy atom. The summed E-state index contributed by atoms with van der Waals surface area (Å²) in [6.07, 6.45) is 3.55. The molecule has 3 heterocycles. The fourth-order valence-electron chi connectivity index (χ4n) is 4.13.